The molecule has 0 unspecified atom stereocenters. The van der Waals surface area contributed by atoms with Crippen LogP contribution in [0.4, 0.5) is 11.5 Å². The van der Waals surface area contributed by atoms with Gasteiger partial charge in [-0.2, -0.15) is 0 Å². The molecule has 3 heterocycles. The molecule has 2 aromatic rings. The molecule has 0 radical (unpaired) electrons. The van der Waals surface area contributed by atoms with Crippen LogP contribution in [0.15, 0.2) is 45.8 Å². The highest BCUT2D eigenvalue weighted by Gasteiger charge is 2.33. The first-order valence-corrected chi connectivity index (χ1v) is 11.1. The van der Waals surface area contributed by atoms with Gasteiger partial charge in [-0.3, -0.25) is 4.79 Å². The van der Waals surface area contributed by atoms with Gasteiger partial charge in [0, 0.05) is 17.6 Å². The lowest BCUT2D eigenvalue weighted by Gasteiger charge is -2.22. The van der Waals surface area contributed by atoms with Gasteiger partial charge in [-0.1, -0.05) is 11.6 Å². The molecule has 1 N–H and O–H groups in total. The molecule has 12 heteroatoms. The molecule has 0 fully saturated rings. The van der Waals surface area contributed by atoms with Crippen LogP contribution in [-0.2, 0) is 19.6 Å². The van der Waals surface area contributed by atoms with E-state index in [2.05, 4.69) is 14.7 Å². The van der Waals surface area contributed by atoms with E-state index >= 15 is 0 Å². The lowest BCUT2D eigenvalue weighted by atomic mass is 10.2. The highest BCUT2D eigenvalue weighted by atomic mass is 35.5. The number of halogens is 1. The summed E-state index contributed by atoms with van der Waals surface area (Å²) < 4.78 is 32.1. The molecule has 0 spiro atoms. The highest BCUT2D eigenvalue weighted by molar-refractivity contribution is 8.15. The van der Waals surface area contributed by atoms with E-state index in [1.165, 1.54) is 24.0 Å². The number of amidine groups is 1. The van der Waals surface area contributed by atoms with Crippen LogP contribution in [0.2, 0.25) is 5.02 Å². The van der Waals surface area contributed by atoms with E-state index in [4.69, 9.17) is 16.3 Å². The summed E-state index contributed by atoms with van der Waals surface area (Å²) in [7, 11) is -3.45. The minimum Gasteiger partial charge on any atom is -0.452 e. The summed E-state index contributed by atoms with van der Waals surface area (Å²) in [4.78, 5) is 30.6. The first-order chi connectivity index (χ1) is 13.8. The number of aromatic nitrogens is 1. The Balaban J connectivity index is 1.39. The van der Waals surface area contributed by atoms with Gasteiger partial charge in [0.05, 0.1) is 22.0 Å². The number of thioether (sulfide) groups is 1. The minimum atomic E-state index is -3.45. The van der Waals surface area contributed by atoms with E-state index in [1.54, 1.807) is 29.2 Å². The van der Waals surface area contributed by atoms with Crippen LogP contribution in [-0.4, -0.2) is 49.4 Å². The monoisotopic (exact) mass is 452 g/mol. The number of rotatable bonds is 4. The first kappa shape index (κ1) is 19.7. The number of nitrogens with one attached hydrogen (secondary N) is 1. The van der Waals surface area contributed by atoms with Gasteiger partial charge < -0.3 is 15.0 Å². The molecule has 9 nitrogen and oxygen atoms in total. The summed E-state index contributed by atoms with van der Waals surface area (Å²) in [5, 5.41) is 3.29. The van der Waals surface area contributed by atoms with Gasteiger partial charge >= 0.3 is 5.97 Å². The van der Waals surface area contributed by atoms with Gasteiger partial charge in [0.1, 0.15) is 5.82 Å². The first-order valence-electron chi connectivity index (χ1n) is 8.31. The second kappa shape index (κ2) is 7.65. The Kier molecular flexibility index (Phi) is 5.19. The Bertz CT molecular complexity index is 1140. The summed E-state index contributed by atoms with van der Waals surface area (Å²) in [5.74, 6) is -0.984. The van der Waals surface area contributed by atoms with Crippen molar-refractivity contribution in [2.75, 3.05) is 29.1 Å². The molecule has 4 rings (SSSR count). The molecular formula is C17H13ClN4O5S2. The second-order valence-corrected chi connectivity index (χ2v) is 9.28. The minimum absolute atomic E-state index is 0.0577. The van der Waals surface area contributed by atoms with Crippen LogP contribution in [0.25, 0.3) is 0 Å². The number of hydrogen-bond acceptors (Lipinski definition) is 8. The fourth-order valence-corrected chi connectivity index (χ4v) is 5.11. The molecule has 0 saturated carbocycles. The number of carbonyl (C=O) groups excluding carboxylic acids is 2. The Morgan fingerprint density at radius 1 is 1.28 bits per heavy atom. The number of benzene rings is 1. The maximum absolute atomic E-state index is 12.3. The summed E-state index contributed by atoms with van der Waals surface area (Å²) in [6, 6.07) is 7.96. The Morgan fingerprint density at radius 3 is 2.86 bits per heavy atom. The van der Waals surface area contributed by atoms with Crippen molar-refractivity contribution in [3.8, 4) is 0 Å². The molecule has 1 aromatic carbocycles. The molecule has 2 aliphatic rings. The molecule has 1 aromatic heterocycles. The maximum Gasteiger partial charge on any atom is 0.338 e. The third-order valence-corrected chi connectivity index (χ3v) is 6.57. The molecule has 2 aliphatic heterocycles. The van der Waals surface area contributed by atoms with Crippen LogP contribution in [0.1, 0.15) is 10.4 Å². The van der Waals surface area contributed by atoms with Crippen molar-refractivity contribution < 1.29 is 22.7 Å². The van der Waals surface area contributed by atoms with Gasteiger partial charge in [0.25, 0.3) is 15.9 Å². The van der Waals surface area contributed by atoms with Gasteiger partial charge in [0.15, 0.2) is 11.8 Å². The number of carbonyl (C=O) groups is 2. The quantitative estimate of drug-likeness (QED) is 0.701. The fourth-order valence-electron chi connectivity index (χ4n) is 2.70. The number of fused-ring (bicyclic) bond motifs is 3. The number of amides is 1. The van der Waals surface area contributed by atoms with E-state index in [0.29, 0.717) is 21.6 Å². The van der Waals surface area contributed by atoms with Gasteiger partial charge in [0.2, 0.25) is 0 Å². The number of nitrogens with zero attached hydrogens (tertiary/aromatic N) is 3. The zero-order valence-electron chi connectivity index (χ0n) is 14.7. The van der Waals surface area contributed by atoms with Gasteiger partial charge in [-0.15, -0.1) is 4.40 Å². The molecule has 1 amide bonds. The molecule has 0 saturated heterocycles. The van der Waals surface area contributed by atoms with Gasteiger partial charge in [-0.05, 0) is 42.1 Å². The predicted molar refractivity (Wildman–Crippen MR) is 109 cm³/mol. The molecular weight excluding hydrogens is 440 g/mol. The third kappa shape index (κ3) is 4.36. The van der Waals surface area contributed by atoms with Crippen molar-refractivity contribution in [3.05, 3.63) is 47.1 Å². The van der Waals surface area contributed by atoms with Crippen LogP contribution >= 0.6 is 23.4 Å². The molecule has 0 atom stereocenters. The van der Waals surface area contributed by atoms with Crippen molar-refractivity contribution in [3.63, 3.8) is 0 Å². The van der Waals surface area contributed by atoms with Crippen LogP contribution < -0.4 is 10.2 Å². The Morgan fingerprint density at radius 2 is 2.10 bits per heavy atom. The van der Waals surface area contributed by atoms with E-state index in [-0.39, 0.29) is 17.1 Å². The summed E-state index contributed by atoms with van der Waals surface area (Å²) in [6.45, 7) is -0.172. The fraction of sp³-hybridized carbons (Fsp3) is 0.176. The molecule has 0 aliphatic carbocycles. The Hall–Kier alpha value is -2.63. The van der Waals surface area contributed by atoms with Crippen molar-refractivity contribution in [2.45, 2.75) is 4.90 Å². The number of ether oxygens (including phenoxy) is 1. The lowest BCUT2D eigenvalue weighted by molar-refractivity contribution is -0.119. The van der Waals surface area contributed by atoms with Crippen molar-refractivity contribution in [1.29, 1.82) is 0 Å². The number of esters is 1. The second-order valence-electron chi connectivity index (χ2n) is 6.08. The number of hydrogen-bond donors (Lipinski definition) is 1. The summed E-state index contributed by atoms with van der Waals surface area (Å²) in [6.07, 6.45) is 1.38. The van der Waals surface area contributed by atoms with Crippen molar-refractivity contribution in [2.24, 2.45) is 4.40 Å². The summed E-state index contributed by atoms with van der Waals surface area (Å²) >= 11 is 6.90. The largest absolute Gasteiger partial charge is 0.452 e. The van der Waals surface area contributed by atoms with E-state index in [9.17, 15) is 18.0 Å². The Labute approximate surface area is 175 Å². The average Bonchev–Trinajstić information content (AvgIpc) is 3.03. The zero-order valence-corrected chi connectivity index (χ0v) is 17.1. The lowest BCUT2D eigenvalue weighted by Crippen LogP contribution is -2.35. The number of sulfonamides is 1. The zero-order chi connectivity index (χ0) is 20.6. The van der Waals surface area contributed by atoms with Crippen molar-refractivity contribution in [1.82, 2.24) is 4.98 Å². The normalized spacial score (nSPS) is 16.4. The predicted octanol–water partition coefficient (Wildman–Crippen LogP) is 2.14. The molecule has 150 valence electrons. The van der Waals surface area contributed by atoms with E-state index < -0.39 is 28.5 Å². The SMILES string of the molecule is O=C(COC(=O)c1ccc2c(c1)SC1=NS(=O)(=O)CCN12)Nc1ccc(Cl)cn1. The number of anilines is 2. The van der Waals surface area contributed by atoms with Crippen LogP contribution in [0.3, 0.4) is 0 Å². The summed E-state index contributed by atoms with van der Waals surface area (Å²) in [5.41, 5.74) is 1.03. The van der Waals surface area contributed by atoms with E-state index in [1.807, 2.05) is 0 Å². The topological polar surface area (TPSA) is 118 Å². The molecule has 29 heavy (non-hydrogen) atoms. The maximum atomic E-state index is 12.3. The van der Waals surface area contributed by atoms with Crippen LogP contribution in [0.5, 0.6) is 0 Å². The molecule has 0 bridgehead atoms. The third-order valence-electron chi connectivity index (χ3n) is 4.04. The van der Waals surface area contributed by atoms with E-state index in [0.717, 1.165) is 5.69 Å². The average molecular weight is 453 g/mol. The van der Waals surface area contributed by atoms with Crippen molar-refractivity contribution >= 4 is 61.9 Å². The van der Waals surface area contributed by atoms with Crippen LogP contribution in [0, 0.1) is 0 Å². The highest BCUT2D eigenvalue weighted by Crippen LogP contribution is 2.42. The smallest absolute Gasteiger partial charge is 0.338 e. The standard InChI is InChI=1S/C17H13ClN4O5S2/c18-11-2-4-14(19-8-11)20-15(23)9-27-16(24)10-1-3-12-13(7-10)28-17-21-29(25,26)6-5-22(12)17/h1-4,7-8H,5-6,9H2,(H,19,20,23). The van der Waals surface area contributed by atoms with Gasteiger partial charge in [-0.25, -0.2) is 18.2 Å². The number of pyridine rings is 1.